The predicted molar refractivity (Wildman–Crippen MR) is 109 cm³/mol. The van der Waals surface area contributed by atoms with Gasteiger partial charge in [-0.25, -0.2) is 0 Å². The lowest BCUT2D eigenvalue weighted by Gasteiger charge is -2.20. The molecular weight excluding hydrogens is 368 g/mol. The zero-order valence-corrected chi connectivity index (χ0v) is 15.8. The summed E-state index contributed by atoms with van der Waals surface area (Å²) in [4.78, 5) is 4.48. The van der Waals surface area contributed by atoms with Crippen LogP contribution in [0.5, 0.6) is 11.5 Å². The smallest absolute Gasteiger partial charge is 0.180 e. The van der Waals surface area contributed by atoms with Crippen molar-refractivity contribution < 1.29 is 9.47 Å². The normalized spacial score (nSPS) is 13.6. The molecule has 0 atom stereocenters. The lowest BCUT2D eigenvalue weighted by Crippen LogP contribution is -2.18. The number of ether oxygens (including phenoxy) is 2. The van der Waals surface area contributed by atoms with Crippen molar-refractivity contribution in [1.29, 1.82) is 0 Å². The van der Waals surface area contributed by atoms with Gasteiger partial charge in [0.2, 0.25) is 0 Å². The van der Waals surface area contributed by atoms with Crippen molar-refractivity contribution in [3.63, 3.8) is 0 Å². The molecular formula is C21H18N6O2. The molecule has 0 fully saturated rings. The molecule has 0 unspecified atom stereocenters. The molecule has 144 valence electrons. The van der Waals surface area contributed by atoms with E-state index < -0.39 is 0 Å². The van der Waals surface area contributed by atoms with E-state index in [0.29, 0.717) is 30.2 Å². The molecule has 29 heavy (non-hydrogen) atoms. The third-order valence-electron chi connectivity index (χ3n) is 4.77. The van der Waals surface area contributed by atoms with Crippen molar-refractivity contribution in [2.75, 3.05) is 13.2 Å². The Bertz CT molecular complexity index is 1300. The second-order valence-corrected chi connectivity index (χ2v) is 6.64. The molecule has 0 amide bonds. The minimum absolute atomic E-state index is 0.515. The van der Waals surface area contributed by atoms with Gasteiger partial charge in [-0.05, 0) is 30.3 Å². The van der Waals surface area contributed by atoms with Gasteiger partial charge in [-0.3, -0.25) is 14.2 Å². The molecule has 1 aromatic carbocycles. The summed E-state index contributed by atoms with van der Waals surface area (Å²) in [6.45, 7) is 4.53. The van der Waals surface area contributed by atoms with Crippen LogP contribution < -0.4 is 15.0 Å². The largest absolute Gasteiger partial charge is 0.485 e. The molecule has 1 aliphatic rings. The van der Waals surface area contributed by atoms with Gasteiger partial charge in [0.05, 0.1) is 17.9 Å². The minimum Gasteiger partial charge on any atom is -0.485 e. The fourth-order valence-electron chi connectivity index (χ4n) is 3.43. The highest BCUT2D eigenvalue weighted by molar-refractivity contribution is 5.89. The summed E-state index contributed by atoms with van der Waals surface area (Å²) in [6.07, 6.45) is 7.50. The van der Waals surface area contributed by atoms with Crippen molar-refractivity contribution in [2.45, 2.75) is 0 Å². The summed E-state index contributed by atoms with van der Waals surface area (Å²) in [5.74, 6) is 1.38. The van der Waals surface area contributed by atoms with Crippen molar-refractivity contribution >= 4 is 17.6 Å². The molecule has 0 aliphatic carbocycles. The number of rotatable bonds is 3. The highest BCUT2D eigenvalue weighted by Gasteiger charge is 2.16. The van der Waals surface area contributed by atoms with Gasteiger partial charge in [-0.2, -0.15) is 10.2 Å². The number of aryl methyl sites for hydroxylation is 1. The maximum absolute atomic E-state index is 5.86. The number of aromatic nitrogens is 4. The lowest BCUT2D eigenvalue weighted by atomic mass is 10.1. The highest BCUT2D eigenvalue weighted by Crippen LogP contribution is 2.37. The lowest BCUT2D eigenvalue weighted by molar-refractivity contribution is 0.173. The molecule has 0 spiro atoms. The monoisotopic (exact) mass is 386 g/mol. The van der Waals surface area contributed by atoms with Crippen LogP contribution in [0.1, 0.15) is 0 Å². The zero-order valence-electron chi connectivity index (χ0n) is 15.8. The summed E-state index contributed by atoms with van der Waals surface area (Å²) in [5.41, 5.74) is 4.41. The minimum atomic E-state index is 0.515. The van der Waals surface area contributed by atoms with E-state index in [0.717, 1.165) is 27.7 Å². The van der Waals surface area contributed by atoms with Crippen LogP contribution in [0.2, 0.25) is 0 Å². The van der Waals surface area contributed by atoms with E-state index in [4.69, 9.17) is 9.47 Å². The third-order valence-corrected chi connectivity index (χ3v) is 4.77. The summed E-state index contributed by atoms with van der Waals surface area (Å²) >= 11 is 0. The fourth-order valence-corrected chi connectivity index (χ4v) is 3.43. The molecule has 0 radical (unpaired) electrons. The highest BCUT2D eigenvalue weighted by atomic mass is 16.6. The Balaban J connectivity index is 1.72. The van der Waals surface area contributed by atoms with E-state index in [1.54, 1.807) is 10.9 Å². The second kappa shape index (κ2) is 6.90. The van der Waals surface area contributed by atoms with Crippen LogP contribution >= 0.6 is 0 Å². The van der Waals surface area contributed by atoms with E-state index >= 15 is 0 Å². The number of pyridine rings is 2. The molecule has 0 saturated heterocycles. The molecule has 4 aromatic rings. The summed E-state index contributed by atoms with van der Waals surface area (Å²) in [7, 11) is 1.89. The maximum atomic E-state index is 5.86. The molecule has 4 heterocycles. The first-order valence-corrected chi connectivity index (χ1v) is 9.13. The zero-order chi connectivity index (χ0) is 19.8. The van der Waals surface area contributed by atoms with Gasteiger partial charge in [0.25, 0.3) is 0 Å². The van der Waals surface area contributed by atoms with Gasteiger partial charge >= 0.3 is 0 Å². The van der Waals surface area contributed by atoms with Crippen LogP contribution in [0.4, 0.5) is 0 Å². The van der Waals surface area contributed by atoms with Crippen LogP contribution in [-0.4, -0.2) is 39.3 Å². The molecule has 0 bridgehead atoms. The van der Waals surface area contributed by atoms with Crippen LogP contribution in [-0.2, 0) is 7.05 Å². The third kappa shape index (κ3) is 3.04. The predicted octanol–water partition coefficient (Wildman–Crippen LogP) is 2.71. The van der Waals surface area contributed by atoms with Gasteiger partial charge < -0.3 is 9.47 Å². The Kier molecular flexibility index (Phi) is 4.09. The van der Waals surface area contributed by atoms with E-state index in [-0.39, 0.29) is 0 Å². The molecule has 0 saturated carbocycles. The first kappa shape index (κ1) is 17.2. The Labute approximate surface area is 166 Å². The van der Waals surface area contributed by atoms with Crippen molar-refractivity contribution in [1.82, 2.24) is 19.3 Å². The topological polar surface area (TPSA) is 78.8 Å². The van der Waals surface area contributed by atoms with Gasteiger partial charge in [-0.1, -0.05) is 0 Å². The Morgan fingerprint density at radius 2 is 1.93 bits per heavy atom. The molecule has 8 nitrogen and oxygen atoms in total. The number of hydrogen-bond donors (Lipinski definition) is 0. The quantitative estimate of drug-likeness (QED) is 0.401. The first-order chi connectivity index (χ1) is 14.2. The van der Waals surface area contributed by atoms with Crippen LogP contribution in [0.3, 0.4) is 0 Å². The number of nitrogens with zero attached hydrogens (tertiary/aromatic N) is 6. The molecule has 5 rings (SSSR count). The van der Waals surface area contributed by atoms with Gasteiger partial charge in [-0.15, -0.1) is 5.10 Å². The summed E-state index contributed by atoms with van der Waals surface area (Å²) in [6, 6.07) is 9.85. The van der Waals surface area contributed by atoms with E-state index in [1.807, 2.05) is 60.5 Å². The average Bonchev–Trinajstić information content (AvgIpc) is 3.20. The van der Waals surface area contributed by atoms with Crippen molar-refractivity contribution in [3.8, 4) is 28.3 Å². The maximum Gasteiger partial charge on any atom is 0.180 e. The van der Waals surface area contributed by atoms with Gasteiger partial charge in [0.1, 0.15) is 13.2 Å². The fraction of sp³-hybridized carbons (Fsp3) is 0.143. The molecule has 3 aromatic heterocycles. The van der Waals surface area contributed by atoms with Crippen molar-refractivity contribution in [3.05, 3.63) is 60.6 Å². The summed E-state index contributed by atoms with van der Waals surface area (Å²) in [5, 5.41) is 13.0. The van der Waals surface area contributed by atoms with E-state index in [1.165, 1.54) is 0 Å². The Hall–Kier alpha value is -3.94. The standard InChI is InChI=1S/C21H18N6O2/c1-22-25-20-6-3-14(15-10-24-26(2)12-15)13-27(20)16-4-5-18-17(9-16)21-19(11-23-18)28-7-8-29-21/h3-6,9-13H,1,7-8H2,2H3/b25-20-. The number of benzene rings is 1. The number of hydrogen-bond acceptors (Lipinski definition) is 6. The first-order valence-electron chi connectivity index (χ1n) is 9.13. The van der Waals surface area contributed by atoms with Crippen LogP contribution in [0, 0.1) is 0 Å². The SMILES string of the molecule is C=N/N=c1/ccc(-c2cnn(C)c2)cn1-c1ccc2ncc3c(c2c1)OCCO3. The summed E-state index contributed by atoms with van der Waals surface area (Å²) < 4.78 is 15.3. The Morgan fingerprint density at radius 3 is 2.76 bits per heavy atom. The van der Waals surface area contributed by atoms with Crippen LogP contribution in [0.25, 0.3) is 27.7 Å². The molecule has 1 aliphatic heterocycles. The average molecular weight is 386 g/mol. The van der Waals surface area contributed by atoms with Gasteiger partial charge in [0, 0.05) is 48.4 Å². The molecule has 8 heteroatoms. The second-order valence-electron chi connectivity index (χ2n) is 6.64. The van der Waals surface area contributed by atoms with Crippen molar-refractivity contribution in [2.24, 2.45) is 17.3 Å². The molecule has 0 N–H and O–H groups in total. The number of fused-ring (bicyclic) bond motifs is 3. The Morgan fingerprint density at radius 1 is 1.03 bits per heavy atom. The van der Waals surface area contributed by atoms with E-state index in [2.05, 4.69) is 27.0 Å². The van der Waals surface area contributed by atoms with Gasteiger partial charge in [0.15, 0.2) is 17.0 Å². The van der Waals surface area contributed by atoms with E-state index in [9.17, 15) is 0 Å². The van der Waals surface area contributed by atoms with Crippen LogP contribution in [0.15, 0.2) is 65.3 Å².